The molecular formula is C28H31ClF2N6O3S. The minimum Gasteiger partial charge on any atom is -0.477 e. The number of fused-ring (bicyclic) bond motifs is 1. The lowest BCUT2D eigenvalue weighted by molar-refractivity contribution is 0.0732. The Morgan fingerprint density at radius 1 is 1.10 bits per heavy atom. The summed E-state index contributed by atoms with van der Waals surface area (Å²) in [5, 5.41) is 4.37. The van der Waals surface area contributed by atoms with Gasteiger partial charge in [-0.1, -0.05) is 11.6 Å². The molecule has 9 nitrogen and oxygen atoms in total. The van der Waals surface area contributed by atoms with Crippen molar-refractivity contribution in [3.05, 3.63) is 70.5 Å². The summed E-state index contributed by atoms with van der Waals surface area (Å²) in [6.07, 6.45) is 4.17. The van der Waals surface area contributed by atoms with Crippen LogP contribution in [0.2, 0.25) is 5.02 Å². The van der Waals surface area contributed by atoms with Crippen LogP contribution in [-0.2, 0) is 14.8 Å². The first-order valence-electron chi connectivity index (χ1n) is 13.4. The second kappa shape index (κ2) is 11.9. The highest BCUT2D eigenvalue weighted by Crippen LogP contribution is 2.27. The van der Waals surface area contributed by atoms with Crippen molar-refractivity contribution in [2.75, 3.05) is 17.8 Å². The number of benzene rings is 2. The average molecular weight is 605 g/mol. The van der Waals surface area contributed by atoms with E-state index in [1.807, 2.05) is 13.0 Å². The summed E-state index contributed by atoms with van der Waals surface area (Å²) in [5.74, 6) is -1.01. The number of ether oxygens (including phenoxy) is 1. The summed E-state index contributed by atoms with van der Waals surface area (Å²) in [4.78, 5) is 11.0. The fraction of sp³-hybridized carbons (Fsp3) is 0.393. The smallest absolute Gasteiger partial charge is 0.264 e. The van der Waals surface area contributed by atoms with Crippen LogP contribution in [0.1, 0.15) is 45.6 Å². The van der Waals surface area contributed by atoms with Crippen molar-refractivity contribution in [2.45, 2.75) is 57.1 Å². The van der Waals surface area contributed by atoms with Gasteiger partial charge in [-0.3, -0.25) is 10.1 Å². The van der Waals surface area contributed by atoms with E-state index in [9.17, 15) is 12.8 Å². The van der Waals surface area contributed by atoms with Gasteiger partial charge in [0.1, 0.15) is 28.5 Å². The minimum absolute atomic E-state index is 0.0196. The summed E-state index contributed by atoms with van der Waals surface area (Å²) >= 11 is 5.84. The maximum atomic E-state index is 15.3. The Morgan fingerprint density at radius 2 is 1.85 bits per heavy atom. The summed E-state index contributed by atoms with van der Waals surface area (Å²) in [7, 11) is -4.45. The van der Waals surface area contributed by atoms with E-state index in [-0.39, 0.29) is 28.6 Å². The zero-order valence-corrected chi connectivity index (χ0v) is 24.4. The van der Waals surface area contributed by atoms with Crippen LogP contribution in [0.15, 0.2) is 68.3 Å². The molecule has 3 aliphatic heterocycles. The first-order valence-corrected chi connectivity index (χ1v) is 15.2. The number of aliphatic imine (C=N–C) groups is 2. The van der Waals surface area contributed by atoms with Crippen LogP contribution in [0.5, 0.6) is 0 Å². The minimum atomic E-state index is -4.45. The Morgan fingerprint density at radius 3 is 2.56 bits per heavy atom. The molecule has 3 heterocycles. The fourth-order valence-electron chi connectivity index (χ4n) is 4.89. The van der Waals surface area contributed by atoms with Crippen molar-refractivity contribution in [3.63, 3.8) is 0 Å². The van der Waals surface area contributed by atoms with Crippen LogP contribution in [-0.4, -0.2) is 56.0 Å². The zero-order valence-electron chi connectivity index (χ0n) is 22.9. The topological polar surface area (TPSA) is 108 Å². The summed E-state index contributed by atoms with van der Waals surface area (Å²) < 4.78 is 63.5. The third-order valence-electron chi connectivity index (χ3n) is 7.14. The molecule has 2 N–H and O–H groups in total. The molecule has 1 saturated heterocycles. The van der Waals surface area contributed by atoms with E-state index < -0.39 is 26.6 Å². The molecule has 1 fully saturated rings. The second-order valence-corrected chi connectivity index (χ2v) is 12.6. The molecule has 1 unspecified atom stereocenters. The largest absolute Gasteiger partial charge is 0.477 e. The molecule has 0 aromatic heterocycles. The fourth-order valence-corrected chi connectivity index (χ4v) is 6.30. The maximum Gasteiger partial charge on any atom is 0.264 e. The molecule has 3 aliphatic rings. The highest BCUT2D eigenvalue weighted by atomic mass is 35.5. The van der Waals surface area contributed by atoms with Gasteiger partial charge < -0.3 is 9.64 Å². The zero-order chi connectivity index (χ0) is 29.3. The number of piperidine rings is 1. The molecule has 0 saturated carbocycles. The number of likely N-dealkylation sites (tertiary alicyclic amines) is 1. The number of nitrogens with one attached hydrogen (secondary N) is 2. The van der Waals surface area contributed by atoms with Crippen molar-refractivity contribution in [3.8, 4) is 0 Å². The summed E-state index contributed by atoms with van der Waals surface area (Å²) in [6, 6.07) is 7.41. The van der Waals surface area contributed by atoms with E-state index in [4.69, 9.17) is 21.3 Å². The average Bonchev–Trinajstić information content (AvgIpc) is 3.21. The monoisotopic (exact) mass is 604 g/mol. The lowest BCUT2D eigenvalue weighted by atomic mass is 10.0. The highest BCUT2D eigenvalue weighted by molar-refractivity contribution is 7.92. The molecule has 0 radical (unpaired) electrons. The third kappa shape index (κ3) is 6.77. The number of nitrogens with zero attached hydrogens (tertiary/aromatic N) is 4. The molecule has 218 valence electrons. The Kier molecular flexibility index (Phi) is 8.44. The van der Waals surface area contributed by atoms with Gasteiger partial charge in [0.25, 0.3) is 10.0 Å². The van der Waals surface area contributed by atoms with E-state index in [0.717, 1.165) is 49.8 Å². The lowest BCUT2D eigenvalue weighted by Crippen LogP contribution is -2.42. The molecule has 41 heavy (non-hydrogen) atoms. The molecule has 2 bridgehead atoms. The molecule has 0 aliphatic carbocycles. The molecule has 1 atom stereocenters. The summed E-state index contributed by atoms with van der Waals surface area (Å²) in [6.45, 7) is 8.11. The van der Waals surface area contributed by atoms with E-state index >= 15 is 4.39 Å². The molecule has 2 aromatic carbocycles. The number of rotatable bonds is 6. The summed E-state index contributed by atoms with van der Waals surface area (Å²) in [5.41, 5.74) is 3.72. The predicted molar refractivity (Wildman–Crippen MR) is 156 cm³/mol. The third-order valence-corrected chi connectivity index (χ3v) is 8.76. The standard InChI is InChI=1S/C28H31ClF2N6O3S/c1-16(2)37-10-8-21(9-11-37)40-28-19-12-17(3)34-35-26(14-19)32-27(33-28)18-4-7-24(23(31)13-18)36-41(38,39)25-15-20(29)5-6-22(25)30/h4-7,13-16,19,21,35-36H,8-12H2,1-3H3. The van der Waals surface area contributed by atoms with Crippen molar-refractivity contribution in [1.82, 2.24) is 10.3 Å². The van der Waals surface area contributed by atoms with Crippen molar-refractivity contribution >= 4 is 44.8 Å². The Hall–Kier alpha value is -3.35. The van der Waals surface area contributed by atoms with Crippen LogP contribution < -0.4 is 10.1 Å². The van der Waals surface area contributed by atoms with Gasteiger partial charge in [0.05, 0.1) is 11.6 Å². The Balaban J connectivity index is 1.42. The van der Waals surface area contributed by atoms with Crippen LogP contribution >= 0.6 is 11.6 Å². The van der Waals surface area contributed by atoms with Gasteiger partial charge >= 0.3 is 0 Å². The van der Waals surface area contributed by atoms with E-state index in [2.05, 4.69) is 39.0 Å². The van der Waals surface area contributed by atoms with Crippen LogP contribution in [0.4, 0.5) is 14.5 Å². The van der Waals surface area contributed by atoms with Gasteiger partial charge in [-0.15, -0.1) is 0 Å². The van der Waals surface area contributed by atoms with Gasteiger partial charge in [0, 0.05) is 41.8 Å². The first kappa shape index (κ1) is 29.2. The van der Waals surface area contributed by atoms with Crippen molar-refractivity contribution in [2.24, 2.45) is 21.0 Å². The van der Waals surface area contributed by atoms with Gasteiger partial charge in [0.2, 0.25) is 0 Å². The van der Waals surface area contributed by atoms with Gasteiger partial charge in [0.15, 0.2) is 11.7 Å². The number of hydrogen-bond donors (Lipinski definition) is 2. The van der Waals surface area contributed by atoms with Gasteiger partial charge in [-0.2, -0.15) is 10.1 Å². The van der Waals surface area contributed by atoms with E-state index in [1.54, 1.807) is 0 Å². The number of hydrazone groups is 1. The molecule has 0 spiro atoms. The van der Waals surface area contributed by atoms with Crippen LogP contribution in [0, 0.1) is 17.6 Å². The SMILES string of the molecule is CC1=NNC2=CC(C1)C(OC1CCN(C(C)C)CC1)=NC(c1ccc(NS(=O)(=O)c3cc(Cl)ccc3F)c(F)c1)=N2. The normalized spacial score (nSPS) is 20.2. The molecule has 0 amide bonds. The Bertz CT molecular complexity index is 1570. The molecular weight excluding hydrogens is 574 g/mol. The number of hydrogen-bond acceptors (Lipinski definition) is 8. The quantitative estimate of drug-likeness (QED) is 0.466. The predicted octanol–water partition coefficient (Wildman–Crippen LogP) is 5.29. The number of halogens is 3. The van der Waals surface area contributed by atoms with Gasteiger partial charge in [-0.05, 0) is 76.1 Å². The Labute approximate surface area is 243 Å². The highest BCUT2D eigenvalue weighted by Gasteiger charge is 2.29. The maximum absolute atomic E-state index is 15.3. The second-order valence-electron chi connectivity index (χ2n) is 10.5. The van der Waals surface area contributed by atoms with Crippen molar-refractivity contribution in [1.29, 1.82) is 0 Å². The van der Waals surface area contributed by atoms with E-state index in [1.165, 1.54) is 18.2 Å². The first-order chi connectivity index (χ1) is 19.5. The lowest BCUT2D eigenvalue weighted by Gasteiger charge is -2.35. The molecule has 5 rings (SSSR count). The van der Waals surface area contributed by atoms with Crippen LogP contribution in [0.3, 0.4) is 0 Å². The van der Waals surface area contributed by atoms with Gasteiger partial charge in [-0.25, -0.2) is 22.2 Å². The van der Waals surface area contributed by atoms with Crippen LogP contribution in [0.25, 0.3) is 0 Å². The van der Waals surface area contributed by atoms with E-state index in [0.29, 0.717) is 29.7 Å². The number of amidine groups is 1. The molecule has 2 aromatic rings. The number of anilines is 1. The molecule has 13 heteroatoms. The van der Waals surface area contributed by atoms with Crippen molar-refractivity contribution < 1.29 is 21.9 Å². The number of sulfonamides is 1.